The van der Waals surface area contributed by atoms with Gasteiger partial charge in [-0.15, -0.1) is 0 Å². The third-order valence-corrected chi connectivity index (χ3v) is 8.29. The van der Waals surface area contributed by atoms with Gasteiger partial charge in [-0.3, -0.25) is 4.39 Å². The largest absolute Gasteiger partial charge is 0.508 e. The maximum Gasteiger partial charge on any atom is 0.281 e. The van der Waals surface area contributed by atoms with Crippen LogP contribution in [0.5, 0.6) is 17.2 Å². The van der Waals surface area contributed by atoms with Gasteiger partial charge in [-0.25, -0.2) is 8.78 Å². The lowest BCUT2D eigenvalue weighted by Crippen LogP contribution is -2.38. The van der Waals surface area contributed by atoms with Crippen LogP contribution in [0.15, 0.2) is 66.7 Å². The molecule has 0 aromatic heterocycles. The lowest BCUT2D eigenvalue weighted by atomic mass is 9.88. The van der Waals surface area contributed by atoms with Gasteiger partial charge in [-0.2, -0.15) is 0 Å². The molecule has 0 unspecified atom stereocenters. The second-order valence-corrected chi connectivity index (χ2v) is 11.3. The summed E-state index contributed by atoms with van der Waals surface area (Å²) in [5, 5.41) is 10.2. The number of aromatic hydroxyl groups is 1. The second kappa shape index (κ2) is 13.7. The Morgan fingerprint density at radius 3 is 2.29 bits per heavy atom. The van der Waals surface area contributed by atoms with Gasteiger partial charge in [0.25, 0.3) is 5.92 Å². The van der Waals surface area contributed by atoms with Crippen molar-refractivity contribution < 1.29 is 27.8 Å². The van der Waals surface area contributed by atoms with Crippen molar-refractivity contribution in [2.45, 2.75) is 63.9 Å². The summed E-state index contributed by atoms with van der Waals surface area (Å²) in [4.78, 5) is 2.30. The third kappa shape index (κ3) is 7.49. The van der Waals surface area contributed by atoms with E-state index in [0.717, 1.165) is 85.3 Å². The van der Waals surface area contributed by atoms with Gasteiger partial charge in [0.05, 0.1) is 6.67 Å². The van der Waals surface area contributed by atoms with E-state index in [1.165, 1.54) is 12.5 Å². The van der Waals surface area contributed by atoms with Crippen LogP contribution in [0.25, 0.3) is 11.1 Å². The first-order valence-electron chi connectivity index (χ1n) is 15.1. The Labute approximate surface area is 246 Å². The average molecular weight is 580 g/mol. The number of piperidine rings is 1. The molecule has 1 saturated heterocycles. The average Bonchev–Trinajstić information content (AvgIpc) is 3.20. The molecule has 0 amide bonds. The van der Waals surface area contributed by atoms with Crippen molar-refractivity contribution in [3.05, 3.63) is 89.0 Å². The molecule has 42 heavy (non-hydrogen) atoms. The number of nitrogens with zero attached hydrogens (tertiary/aromatic N) is 1. The predicted molar refractivity (Wildman–Crippen MR) is 161 cm³/mol. The number of fused-ring (bicyclic) bond motifs is 1. The number of ether oxygens (including phenoxy) is 2. The number of allylic oxidation sites excluding steroid dienone is 1. The molecular weight excluding hydrogens is 539 g/mol. The molecule has 0 bridgehead atoms. The molecule has 1 aliphatic heterocycles. The number of alkyl halides is 3. The number of phenols is 1. The number of hydrogen-bond acceptors (Lipinski definition) is 4. The predicted octanol–water partition coefficient (Wildman–Crippen LogP) is 8.31. The molecule has 2 aliphatic rings. The first kappa shape index (κ1) is 30.0. The van der Waals surface area contributed by atoms with E-state index in [4.69, 9.17) is 9.47 Å². The second-order valence-electron chi connectivity index (χ2n) is 11.3. The molecule has 0 radical (unpaired) electrons. The molecule has 224 valence electrons. The number of halogens is 3. The quantitative estimate of drug-likeness (QED) is 0.248. The molecular formula is C35H40F3NO3. The molecule has 3 aromatic rings. The molecule has 0 spiro atoms. The van der Waals surface area contributed by atoms with Crippen molar-refractivity contribution in [1.29, 1.82) is 0 Å². The summed E-state index contributed by atoms with van der Waals surface area (Å²) in [5.74, 6) is -1.36. The van der Waals surface area contributed by atoms with Crippen molar-refractivity contribution >= 4 is 11.1 Å². The van der Waals surface area contributed by atoms with Crippen molar-refractivity contribution in [2.24, 2.45) is 0 Å². The highest BCUT2D eigenvalue weighted by atomic mass is 19.3. The van der Waals surface area contributed by atoms with Gasteiger partial charge in [0.2, 0.25) is 0 Å². The van der Waals surface area contributed by atoms with Crippen LogP contribution in [0.2, 0.25) is 0 Å². The SMILES string of the molecule is CCC(F)(F)COc1ccc(C2=C(c3ccc(OC4CCN(CCCF)CC4)cc3)c3ccc(O)cc3CCC2)cc1. The monoisotopic (exact) mass is 579 g/mol. The fourth-order valence-corrected chi connectivity index (χ4v) is 5.86. The van der Waals surface area contributed by atoms with E-state index in [9.17, 15) is 18.3 Å². The zero-order chi connectivity index (χ0) is 29.5. The summed E-state index contributed by atoms with van der Waals surface area (Å²) < 4.78 is 51.6. The highest BCUT2D eigenvalue weighted by Crippen LogP contribution is 2.41. The van der Waals surface area contributed by atoms with Crippen LogP contribution in [0.1, 0.15) is 67.7 Å². The lowest BCUT2D eigenvalue weighted by molar-refractivity contribution is -0.0436. The van der Waals surface area contributed by atoms with Gasteiger partial charge in [0.1, 0.15) is 23.4 Å². The third-order valence-electron chi connectivity index (χ3n) is 8.29. The van der Waals surface area contributed by atoms with E-state index >= 15 is 0 Å². The standard InChI is InChI=1S/C35H40F3NO3/c1-2-35(37,38)24-41-29-12-7-25(8-13-29)32-6-3-5-27-23-28(40)11-16-33(27)34(32)26-9-14-30(15-10-26)42-31-17-21-39(22-18-31)20-4-19-36/h7-16,23,31,40H,2-6,17-22,24H2,1H3. The number of aryl methyl sites for hydroxylation is 1. The Balaban J connectivity index is 1.40. The Kier molecular flexibility index (Phi) is 9.78. The van der Waals surface area contributed by atoms with Crippen LogP contribution < -0.4 is 9.47 Å². The molecule has 1 N–H and O–H groups in total. The smallest absolute Gasteiger partial charge is 0.281 e. The maximum atomic E-state index is 13.7. The Bertz CT molecular complexity index is 1350. The fraction of sp³-hybridized carbons (Fsp3) is 0.429. The Hall–Kier alpha value is -3.45. The van der Waals surface area contributed by atoms with Crippen molar-refractivity contribution in [2.75, 3.05) is 32.9 Å². The van der Waals surface area contributed by atoms with Gasteiger partial charge in [0.15, 0.2) is 6.61 Å². The van der Waals surface area contributed by atoms with Crippen LogP contribution >= 0.6 is 0 Å². The van der Waals surface area contributed by atoms with E-state index in [1.54, 1.807) is 18.2 Å². The topological polar surface area (TPSA) is 41.9 Å². The van der Waals surface area contributed by atoms with E-state index in [0.29, 0.717) is 12.2 Å². The van der Waals surface area contributed by atoms with E-state index < -0.39 is 12.5 Å². The Morgan fingerprint density at radius 2 is 1.60 bits per heavy atom. The Morgan fingerprint density at radius 1 is 0.905 bits per heavy atom. The number of phenolic OH excluding ortho intramolecular Hbond substituents is 1. The summed E-state index contributed by atoms with van der Waals surface area (Å²) in [5.41, 5.74) is 6.51. The number of benzene rings is 3. The maximum absolute atomic E-state index is 13.7. The summed E-state index contributed by atoms with van der Waals surface area (Å²) >= 11 is 0. The van der Waals surface area contributed by atoms with Crippen LogP contribution in [0.4, 0.5) is 13.2 Å². The minimum atomic E-state index is -2.85. The fourth-order valence-electron chi connectivity index (χ4n) is 5.86. The summed E-state index contributed by atoms with van der Waals surface area (Å²) in [7, 11) is 0. The van der Waals surface area contributed by atoms with Crippen molar-refractivity contribution in [3.8, 4) is 17.2 Å². The van der Waals surface area contributed by atoms with Crippen molar-refractivity contribution in [3.63, 3.8) is 0 Å². The minimum absolute atomic E-state index is 0.145. The van der Waals surface area contributed by atoms with Crippen LogP contribution in [-0.4, -0.2) is 54.9 Å². The lowest BCUT2D eigenvalue weighted by Gasteiger charge is -2.32. The molecule has 3 aromatic carbocycles. The highest BCUT2D eigenvalue weighted by molar-refractivity contribution is 6.00. The van der Waals surface area contributed by atoms with Gasteiger partial charge in [-0.05, 0) is 108 Å². The van der Waals surface area contributed by atoms with E-state index in [1.807, 2.05) is 36.4 Å². The summed E-state index contributed by atoms with van der Waals surface area (Å²) in [6.07, 6.45) is 4.91. The van der Waals surface area contributed by atoms with Crippen LogP contribution in [0.3, 0.4) is 0 Å². The van der Waals surface area contributed by atoms with Crippen molar-refractivity contribution in [1.82, 2.24) is 4.90 Å². The van der Waals surface area contributed by atoms with Gasteiger partial charge < -0.3 is 19.5 Å². The highest BCUT2D eigenvalue weighted by Gasteiger charge is 2.27. The number of rotatable bonds is 11. The molecule has 4 nitrogen and oxygen atoms in total. The van der Waals surface area contributed by atoms with Gasteiger partial charge >= 0.3 is 0 Å². The summed E-state index contributed by atoms with van der Waals surface area (Å²) in [6.45, 7) is 3.19. The molecule has 1 fully saturated rings. The summed E-state index contributed by atoms with van der Waals surface area (Å²) in [6, 6.07) is 21.2. The van der Waals surface area contributed by atoms with Crippen LogP contribution in [-0.2, 0) is 6.42 Å². The molecule has 1 aliphatic carbocycles. The zero-order valence-electron chi connectivity index (χ0n) is 24.3. The first-order valence-corrected chi connectivity index (χ1v) is 15.1. The number of hydrogen-bond donors (Lipinski definition) is 1. The number of likely N-dealkylation sites (tertiary alicyclic amines) is 1. The molecule has 1 heterocycles. The van der Waals surface area contributed by atoms with Gasteiger partial charge in [0, 0.05) is 26.1 Å². The van der Waals surface area contributed by atoms with E-state index in [2.05, 4.69) is 17.0 Å². The molecule has 5 rings (SSSR count). The first-order chi connectivity index (χ1) is 20.3. The minimum Gasteiger partial charge on any atom is -0.508 e. The molecule has 0 saturated carbocycles. The molecule has 0 atom stereocenters. The molecule has 7 heteroatoms. The zero-order valence-corrected chi connectivity index (χ0v) is 24.3. The van der Waals surface area contributed by atoms with Crippen LogP contribution in [0, 0.1) is 0 Å². The van der Waals surface area contributed by atoms with E-state index in [-0.39, 0.29) is 24.9 Å². The normalized spacial score (nSPS) is 16.7. The van der Waals surface area contributed by atoms with Gasteiger partial charge in [-0.1, -0.05) is 37.3 Å².